The maximum Gasteiger partial charge on any atom is 0.0641 e. The van der Waals surface area contributed by atoms with Gasteiger partial charge in [-0.05, 0) is 237 Å². The van der Waals surface area contributed by atoms with E-state index >= 15 is 0 Å². The average molecular weight is 1710 g/mol. The van der Waals surface area contributed by atoms with Gasteiger partial charge in [0.25, 0.3) is 0 Å². The molecule has 0 N–H and O–H groups in total. The summed E-state index contributed by atoms with van der Waals surface area (Å²) in [5, 5.41) is 19.7. The largest absolute Gasteiger partial charge is 0.310 e. The molecule has 8 aromatic heterocycles. The van der Waals surface area contributed by atoms with Crippen LogP contribution in [0.25, 0.3) is 175 Å². The number of fused-ring (bicyclic) bond motifs is 24. The van der Waals surface area contributed by atoms with E-state index in [1.54, 1.807) is 0 Å². The zero-order chi connectivity index (χ0) is 88.6. The van der Waals surface area contributed by atoms with E-state index in [2.05, 4.69) is 490 Å². The lowest BCUT2D eigenvalue weighted by Gasteiger charge is -2.29. The van der Waals surface area contributed by atoms with Crippen LogP contribution in [0.4, 0.5) is 68.2 Å². The molecule has 0 spiro atoms. The molecule has 134 heavy (non-hydrogen) atoms. The summed E-state index contributed by atoms with van der Waals surface area (Å²) < 4.78 is 10.3. The van der Waals surface area contributed by atoms with E-state index in [0.29, 0.717) is 6.42 Å². The van der Waals surface area contributed by atoms with Crippen molar-refractivity contribution in [3.63, 3.8) is 0 Å². The van der Waals surface area contributed by atoms with Crippen LogP contribution in [0.3, 0.4) is 0 Å². The number of benzene rings is 20. The average Bonchev–Trinajstić information content (AvgIpc) is 1.51. The van der Waals surface area contributed by atoms with E-state index in [9.17, 15) is 0 Å². The van der Waals surface area contributed by atoms with Gasteiger partial charge in [0.05, 0.1) is 100 Å². The molecule has 8 nitrogen and oxygen atoms in total. The highest BCUT2D eigenvalue weighted by molar-refractivity contribution is 6.35. The molecule has 0 bridgehead atoms. The highest BCUT2D eigenvalue weighted by atomic mass is 15.2. The maximum atomic E-state index is 2.58. The Balaban J connectivity index is 0.562. The van der Waals surface area contributed by atoms with E-state index in [0.717, 1.165) is 68.0 Å². The van der Waals surface area contributed by atoms with Crippen molar-refractivity contribution in [3.05, 3.63) is 458 Å². The van der Waals surface area contributed by atoms with Crippen LogP contribution >= 0.6 is 0 Å². The molecule has 0 saturated heterocycles. The lowest BCUT2D eigenvalue weighted by atomic mass is 9.96. The monoisotopic (exact) mass is 1710 g/mol. The number of para-hydroxylation sites is 10. The third-order valence-electron chi connectivity index (χ3n) is 29.1. The molecule has 0 aliphatic heterocycles. The number of hydrogen-bond donors (Lipinski definition) is 0. The third-order valence-corrected chi connectivity index (χ3v) is 29.1. The minimum absolute atomic E-state index is 0.716. The van der Waals surface area contributed by atoms with Crippen molar-refractivity contribution in [2.75, 3.05) is 19.6 Å². The molecule has 20 aromatic carbocycles. The molecule has 28 aromatic rings. The number of nitrogens with zero attached hydrogens (tertiary/aromatic N) is 8. The number of aromatic nitrogens is 4. The van der Waals surface area contributed by atoms with Gasteiger partial charge in [-0.1, -0.05) is 273 Å². The molecule has 0 radical (unpaired) electrons. The van der Waals surface area contributed by atoms with Crippen LogP contribution in [0.5, 0.6) is 0 Å². The van der Waals surface area contributed by atoms with E-state index in [4.69, 9.17) is 0 Å². The Labute approximate surface area is 773 Å². The van der Waals surface area contributed by atoms with Crippen molar-refractivity contribution in [2.24, 2.45) is 0 Å². The summed E-state index contributed by atoms with van der Waals surface area (Å²) in [4.78, 5) is 10.1. The quantitative estimate of drug-likeness (QED) is 0.0965. The summed E-state index contributed by atoms with van der Waals surface area (Å²) in [5.41, 5.74) is 41.2. The topological polar surface area (TPSA) is 30.6 Å². The first kappa shape index (κ1) is 75.7. The van der Waals surface area contributed by atoms with Crippen molar-refractivity contribution < 1.29 is 0 Å². The van der Waals surface area contributed by atoms with Crippen molar-refractivity contribution in [1.29, 1.82) is 0 Å². The molecule has 0 atom stereocenters. The van der Waals surface area contributed by atoms with Crippen molar-refractivity contribution in [2.45, 2.75) is 41.0 Å². The van der Waals surface area contributed by atoms with Gasteiger partial charge in [-0.2, -0.15) is 0 Å². The molecule has 0 amide bonds. The Morgan fingerprint density at radius 2 is 0.485 bits per heavy atom. The van der Waals surface area contributed by atoms with Crippen molar-refractivity contribution in [3.8, 4) is 22.3 Å². The summed E-state index contributed by atoms with van der Waals surface area (Å²) in [5.74, 6) is 0. The van der Waals surface area contributed by atoms with Gasteiger partial charge in [-0.3, -0.25) is 0 Å². The van der Waals surface area contributed by atoms with Gasteiger partial charge in [0, 0.05) is 131 Å². The molecule has 0 fully saturated rings. The molecule has 0 unspecified atom stereocenters. The second-order valence-corrected chi connectivity index (χ2v) is 37.0. The van der Waals surface area contributed by atoms with Gasteiger partial charge in [0.15, 0.2) is 0 Å². The smallest absolute Gasteiger partial charge is 0.0641 e. The van der Waals surface area contributed by atoms with Gasteiger partial charge < -0.3 is 37.2 Å². The van der Waals surface area contributed by atoms with Crippen molar-refractivity contribution >= 4 is 221 Å². The zero-order valence-corrected chi connectivity index (χ0v) is 74.6. The van der Waals surface area contributed by atoms with E-state index < -0.39 is 0 Å². The summed E-state index contributed by atoms with van der Waals surface area (Å²) in [6, 6.07) is 157. The van der Waals surface area contributed by atoms with Crippen LogP contribution in [0.15, 0.2) is 419 Å². The fraction of sp³-hybridized carbons (Fsp3) is 0.0476. The lowest BCUT2D eigenvalue weighted by Crippen LogP contribution is -2.12. The van der Waals surface area contributed by atoms with E-state index in [-0.39, 0.29) is 0 Å². The minimum atomic E-state index is 0.716. The second kappa shape index (κ2) is 28.9. The molecule has 0 aliphatic rings. The number of aryl methyl sites for hydroxylation is 5. The first-order valence-electron chi connectivity index (χ1n) is 46.7. The number of rotatable bonds is 16. The molecular formula is C126H86N8. The SMILES string of the molecule is Cc1cc(C)cc(N(c2ccccc2C)c2ccc3c4cc5c(cc4n4c6ccccc6c2c34)c2ccc(N(c3cc(C)cc(Cc4cccc(-c6ccccc6N(c6ccccc6)c6ccc7c8cc9c(cc8n8c%10ccccc%10c6c78)c6ccc(N(c7ccccc7)c7ccccc7-c7ccccc7)c7c8ccccc8n9c67)c4)c3)c3ccccc3C)c3c4ccccc4n5c23)c1. The van der Waals surface area contributed by atoms with Crippen LogP contribution in [0.1, 0.15) is 38.9 Å². The lowest BCUT2D eigenvalue weighted by molar-refractivity contribution is 1.16. The molecule has 0 saturated carbocycles. The summed E-state index contributed by atoms with van der Waals surface area (Å²) >= 11 is 0. The third kappa shape index (κ3) is 10.9. The predicted octanol–water partition coefficient (Wildman–Crippen LogP) is 34.6. The van der Waals surface area contributed by atoms with Gasteiger partial charge in [-0.25, -0.2) is 0 Å². The fourth-order valence-corrected chi connectivity index (χ4v) is 23.8. The van der Waals surface area contributed by atoms with Crippen LogP contribution in [-0.4, -0.2) is 17.6 Å². The van der Waals surface area contributed by atoms with Crippen LogP contribution in [0.2, 0.25) is 0 Å². The Morgan fingerprint density at radius 1 is 0.179 bits per heavy atom. The molecule has 8 heterocycles. The predicted molar refractivity (Wildman–Crippen MR) is 568 cm³/mol. The Morgan fingerprint density at radius 3 is 0.873 bits per heavy atom. The standard InChI is InChI=1S/C126H86N8/c1-76-64-77(2)67-87(66-76)129(103-48-23-15-32-79(103)4)113-62-58-93-101-74-118-102(75-117(101)133-109-54-29-21-46-97(109)121(113)125(93)133)94-59-63-114(122-98-47-22-30-55-110(98)134(118)126(94)122)130(104-49-24-16-33-80(104)5)88-68-78(3)65-82(71-88)69-81-34-31-37-84(70-81)90-43-18-26-51-106(90)128(86-40-13-8-14-41-86)112-61-57-92-100-73-115-99(72-116(100)132-108-53-28-20-45-96(108)120(112)124(92)132)91-56-60-111(119-95-44-19-27-52-107(95)131(115)123(91)119)127(85-38-11-7-12-39-85)105-50-25-17-42-89(105)83-35-9-6-10-36-83/h6-68,70-75H,69H2,1-5H3. The molecular weight excluding hydrogens is 1630 g/mol. The van der Waals surface area contributed by atoms with Crippen LogP contribution in [-0.2, 0) is 6.42 Å². The Kier molecular flexibility index (Phi) is 16.3. The van der Waals surface area contributed by atoms with Crippen LogP contribution < -0.4 is 19.6 Å². The van der Waals surface area contributed by atoms with Crippen LogP contribution in [0, 0.1) is 34.6 Å². The minimum Gasteiger partial charge on any atom is -0.310 e. The summed E-state index contributed by atoms with van der Waals surface area (Å²) in [7, 11) is 0. The van der Waals surface area contributed by atoms with Gasteiger partial charge in [0.1, 0.15) is 0 Å². The highest BCUT2D eigenvalue weighted by Crippen LogP contribution is 2.57. The van der Waals surface area contributed by atoms with E-state index in [1.165, 1.54) is 214 Å². The first-order valence-corrected chi connectivity index (χ1v) is 46.7. The number of hydrogen-bond acceptors (Lipinski definition) is 4. The zero-order valence-electron chi connectivity index (χ0n) is 74.6. The van der Waals surface area contributed by atoms with Gasteiger partial charge in [-0.15, -0.1) is 0 Å². The summed E-state index contributed by atoms with van der Waals surface area (Å²) in [6.45, 7) is 11.2. The Hall–Kier alpha value is -17.2. The normalized spacial score (nSPS) is 12.2. The number of anilines is 12. The molecule has 8 heteroatoms. The first-order chi connectivity index (χ1) is 66.1. The highest BCUT2D eigenvalue weighted by Gasteiger charge is 2.34. The summed E-state index contributed by atoms with van der Waals surface area (Å²) in [6.07, 6.45) is 0.716. The van der Waals surface area contributed by atoms with E-state index in [1.807, 2.05) is 0 Å². The Bertz CT molecular complexity index is 9690. The fourth-order valence-electron chi connectivity index (χ4n) is 23.8. The molecule has 0 aliphatic carbocycles. The molecule has 28 rings (SSSR count). The van der Waals surface area contributed by atoms with Gasteiger partial charge in [0.2, 0.25) is 0 Å². The maximum absolute atomic E-state index is 2.58. The molecule has 630 valence electrons. The van der Waals surface area contributed by atoms with Gasteiger partial charge >= 0.3 is 0 Å². The van der Waals surface area contributed by atoms with Crippen molar-refractivity contribution in [1.82, 2.24) is 17.6 Å². The second-order valence-electron chi connectivity index (χ2n) is 37.0.